The third-order valence-electron chi connectivity index (χ3n) is 2.68. The van der Waals surface area contributed by atoms with Gasteiger partial charge in [-0.3, -0.25) is 4.79 Å². The maximum atomic E-state index is 11.7. The number of benzene rings is 2. The molecule has 0 atom stereocenters. The Morgan fingerprint density at radius 2 is 1.60 bits per heavy atom. The fourth-order valence-corrected chi connectivity index (χ4v) is 1.64. The van der Waals surface area contributed by atoms with Gasteiger partial charge in [0.25, 0.3) is 0 Å². The van der Waals surface area contributed by atoms with E-state index in [0.717, 1.165) is 5.56 Å². The normalized spacial score (nSPS) is 11.7. The van der Waals surface area contributed by atoms with Crippen LogP contribution in [-0.4, -0.2) is 16.0 Å². The molecule has 0 aromatic heterocycles. The Morgan fingerprint density at radius 1 is 0.950 bits per heavy atom. The van der Waals surface area contributed by atoms with Crippen LogP contribution in [0.1, 0.15) is 11.1 Å². The number of rotatable bonds is 4. The van der Waals surface area contributed by atoms with Gasteiger partial charge in [0.15, 0.2) is 5.78 Å². The molecule has 0 radical (unpaired) electrons. The molecule has 0 aliphatic rings. The Bertz CT molecular complexity index is 638. The topological polar surface area (TPSA) is 57.5 Å². The molecule has 3 heteroatoms. The van der Waals surface area contributed by atoms with Crippen LogP contribution in [0.25, 0.3) is 11.8 Å². The van der Waals surface area contributed by atoms with E-state index in [9.17, 15) is 9.90 Å². The number of phenols is 1. The number of carbonyl (C=O) groups is 1. The molecular formula is C17H14O3. The highest BCUT2D eigenvalue weighted by molar-refractivity contribution is 6.05. The van der Waals surface area contributed by atoms with Crippen molar-refractivity contribution in [3.63, 3.8) is 0 Å². The monoisotopic (exact) mass is 266 g/mol. The van der Waals surface area contributed by atoms with Crippen molar-refractivity contribution in [2.75, 3.05) is 0 Å². The predicted octanol–water partition coefficient (Wildman–Crippen LogP) is 3.57. The number of ketones is 1. The SMILES string of the molecule is O=C(C=C(O)c1ccccc1)/C=C/c1ccc(O)cc1. The van der Waals surface area contributed by atoms with E-state index in [2.05, 4.69) is 0 Å². The summed E-state index contributed by atoms with van der Waals surface area (Å²) in [5.41, 5.74) is 1.39. The largest absolute Gasteiger partial charge is 0.508 e. The fourth-order valence-electron chi connectivity index (χ4n) is 1.64. The van der Waals surface area contributed by atoms with Crippen LogP contribution in [-0.2, 0) is 4.79 Å². The standard InChI is InChI=1S/C17H14O3/c18-15-9-6-13(7-10-15)8-11-16(19)12-17(20)14-4-2-1-3-5-14/h1-12,18,20H/b11-8+,17-12?. The van der Waals surface area contributed by atoms with Gasteiger partial charge in [0.05, 0.1) is 0 Å². The lowest BCUT2D eigenvalue weighted by atomic mass is 10.1. The van der Waals surface area contributed by atoms with Crippen molar-refractivity contribution >= 4 is 17.6 Å². The zero-order valence-electron chi connectivity index (χ0n) is 10.7. The molecule has 2 N–H and O–H groups in total. The van der Waals surface area contributed by atoms with Crippen LogP contribution in [0.2, 0.25) is 0 Å². The van der Waals surface area contributed by atoms with Gasteiger partial charge in [-0.25, -0.2) is 0 Å². The van der Waals surface area contributed by atoms with E-state index in [-0.39, 0.29) is 17.3 Å². The number of phenolic OH excluding ortho intramolecular Hbond substituents is 1. The Hall–Kier alpha value is -2.81. The molecule has 0 saturated carbocycles. The van der Waals surface area contributed by atoms with Gasteiger partial charge in [-0.05, 0) is 23.8 Å². The van der Waals surface area contributed by atoms with Crippen molar-refractivity contribution in [3.05, 3.63) is 77.9 Å². The van der Waals surface area contributed by atoms with Gasteiger partial charge in [-0.1, -0.05) is 48.5 Å². The molecule has 0 aliphatic heterocycles. The molecule has 0 bridgehead atoms. The predicted molar refractivity (Wildman–Crippen MR) is 79.2 cm³/mol. The molecule has 0 aliphatic carbocycles. The van der Waals surface area contributed by atoms with E-state index < -0.39 is 0 Å². The summed E-state index contributed by atoms with van der Waals surface area (Å²) in [4.78, 5) is 11.7. The second-order valence-electron chi connectivity index (χ2n) is 4.22. The molecule has 3 nitrogen and oxygen atoms in total. The van der Waals surface area contributed by atoms with Crippen molar-refractivity contribution in [1.82, 2.24) is 0 Å². The van der Waals surface area contributed by atoms with Gasteiger partial charge < -0.3 is 10.2 Å². The summed E-state index contributed by atoms with van der Waals surface area (Å²) in [6.07, 6.45) is 4.16. The number of aliphatic hydroxyl groups excluding tert-OH is 1. The number of carbonyl (C=O) groups excluding carboxylic acids is 1. The van der Waals surface area contributed by atoms with Crippen LogP contribution in [0.5, 0.6) is 5.75 Å². The number of aromatic hydroxyl groups is 1. The van der Waals surface area contributed by atoms with Gasteiger partial charge >= 0.3 is 0 Å². The van der Waals surface area contributed by atoms with Crippen LogP contribution < -0.4 is 0 Å². The second-order valence-corrected chi connectivity index (χ2v) is 4.22. The summed E-state index contributed by atoms with van der Waals surface area (Å²) < 4.78 is 0. The molecule has 100 valence electrons. The van der Waals surface area contributed by atoms with Crippen LogP contribution >= 0.6 is 0 Å². The minimum Gasteiger partial charge on any atom is -0.508 e. The maximum Gasteiger partial charge on any atom is 0.182 e. The first kappa shape index (κ1) is 13.6. The Morgan fingerprint density at radius 3 is 2.25 bits per heavy atom. The van der Waals surface area contributed by atoms with Crippen LogP contribution in [0.15, 0.2) is 66.7 Å². The summed E-state index contributed by atoms with van der Waals surface area (Å²) in [6.45, 7) is 0. The Labute approximate surface area is 117 Å². The molecule has 0 amide bonds. The van der Waals surface area contributed by atoms with Gasteiger partial charge in [-0.2, -0.15) is 0 Å². The van der Waals surface area contributed by atoms with Crippen LogP contribution in [0.4, 0.5) is 0 Å². The summed E-state index contributed by atoms with van der Waals surface area (Å²) >= 11 is 0. The molecule has 2 aromatic rings. The van der Waals surface area contributed by atoms with Gasteiger partial charge in [0.1, 0.15) is 11.5 Å². The molecule has 20 heavy (non-hydrogen) atoms. The molecular weight excluding hydrogens is 252 g/mol. The van der Waals surface area contributed by atoms with Crippen molar-refractivity contribution in [1.29, 1.82) is 0 Å². The average molecular weight is 266 g/mol. The lowest BCUT2D eigenvalue weighted by Gasteiger charge is -1.98. The first-order valence-electron chi connectivity index (χ1n) is 6.12. The highest BCUT2D eigenvalue weighted by Crippen LogP contribution is 2.12. The van der Waals surface area contributed by atoms with E-state index in [1.807, 2.05) is 6.07 Å². The van der Waals surface area contributed by atoms with Gasteiger partial charge in [0.2, 0.25) is 0 Å². The minimum absolute atomic E-state index is 0.0639. The van der Waals surface area contributed by atoms with E-state index >= 15 is 0 Å². The molecule has 2 aromatic carbocycles. The fraction of sp³-hybridized carbons (Fsp3) is 0. The number of hydrogen-bond donors (Lipinski definition) is 2. The Kier molecular flexibility index (Phi) is 4.35. The third-order valence-corrected chi connectivity index (χ3v) is 2.68. The van der Waals surface area contributed by atoms with E-state index in [1.165, 1.54) is 12.2 Å². The van der Waals surface area contributed by atoms with Gasteiger partial charge in [0, 0.05) is 11.6 Å². The summed E-state index contributed by atoms with van der Waals surface area (Å²) in [5.74, 6) is -0.194. The van der Waals surface area contributed by atoms with Crippen molar-refractivity contribution < 1.29 is 15.0 Å². The van der Waals surface area contributed by atoms with Crippen molar-refractivity contribution in [3.8, 4) is 5.75 Å². The molecule has 2 rings (SSSR count). The number of hydrogen-bond acceptors (Lipinski definition) is 3. The molecule has 0 fully saturated rings. The van der Waals surface area contributed by atoms with Crippen molar-refractivity contribution in [2.45, 2.75) is 0 Å². The zero-order chi connectivity index (χ0) is 14.4. The van der Waals surface area contributed by atoms with E-state index in [0.29, 0.717) is 5.56 Å². The van der Waals surface area contributed by atoms with Crippen molar-refractivity contribution in [2.24, 2.45) is 0 Å². The zero-order valence-corrected chi connectivity index (χ0v) is 10.7. The van der Waals surface area contributed by atoms with E-state index in [1.54, 1.807) is 54.6 Å². The van der Waals surface area contributed by atoms with Crippen LogP contribution in [0, 0.1) is 0 Å². The number of allylic oxidation sites excluding steroid dienone is 2. The molecule has 0 saturated heterocycles. The second kappa shape index (κ2) is 6.38. The lowest BCUT2D eigenvalue weighted by molar-refractivity contribution is -0.110. The highest BCUT2D eigenvalue weighted by atomic mass is 16.3. The first-order valence-corrected chi connectivity index (χ1v) is 6.12. The van der Waals surface area contributed by atoms with Gasteiger partial charge in [-0.15, -0.1) is 0 Å². The highest BCUT2D eigenvalue weighted by Gasteiger charge is 2.00. The molecule has 0 spiro atoms. The summed E-state index contributed by atoms with van der Waals surface area (Å²) in [5, 5.41) is 18.9. The number of aliphatic hydroxyl groups is 1. The molecule has 0 unspecified atom stereocenters. The third kappa shape index (κ3) is 3.85. The summed E-state index contributed by atoms with van der Waals surface area (Å²) in [6, 6.07) is 15.3. The molecule has 0 heterocycles. The summed E-state index contributed by atoms with van der Waals surface area (Å²) in [7, 11) is 0. The Balaban J connectivity index is 2.07. The maximum absolute atomic E-state index is 11.7. The lowest BCUT2D eigenvalue weighted by Crippen LogP contribution is -1.90. The quantitative estimate of drug-likeness (QED) is 0.657. The first-order chi connectivity index (χ1) is 9.65. The minimum atomic E-state index is -0.306. The smallest absolute Gasteiger partial charge is 0.182 e. The van der Waals surface area contributed by atoms with E-state index in [4.69, 9.17) is 5.11 Å². The average Bonchev–Trinajstić information content (AvgIpc) is 2.47. The van der Waals surface area contributed by atoms with Crippen LogP contribution in [0.3, 0.4) is 0 Å².